The third-order valence-electron chi connectivity index (χ3n) is 1.58. The van der Waals surface area contributed by atoms with Crippen LogP contribution in [0.5, 0.6) is 0 Å². The fraction of sp³-hybridized carbons (Fsp3) is 1.00. The minimum Gasteiger partial charge on any atom is -0.258 e. The highest BCUT2D eigenvalue weighted by Gasteiger charge is 2.27. The first-order chi connectivity index (χ1) is 5.01. The van der Waals surface area contributed by atoms with E-state index in [1.807, 2.05) is 12.1 Å². The average molecular weight is 179 g/mol. The van der Waals surface area contributed by atoms with E-state index in [2.05, 4.69) is 10.1 Å². The second-order valence-corrected chi connectivity index (χ2v) is 4.50. The molecule has 0 amide bonds. The Bertz CT molecular complexity index is 220. The standard InChI is InChI=1S/C5H13N3O2S/c1-6-8-3-5(4-8)7-11(2,9)10/h5-7H,3-4H2,1-2H3. The fourth-order valence-corrected chi connectivity index (χ4v) is 1.79. The van der Waals surface area contributed by atoms with E-state index in [1.165, 1.54) is 6.26 Å². The van der Waals surface area contributed by atoms with Gasteiger partial charge in [-0.25, -0.2) is 18.1 Å². The topological polar surface area (TPSA) is 61.4 Å². The van der Waals surface area contributed by atoms with Gasteiger partial charge in [-0.15, -0.1) is 0 Å². The number of hydrogen-bond donors (Lipinski definition) is 2. The van der Waals surface area contributed by atoms with Crippen LogP contribution in [0.2, 0.25) is 0 Å². The van der Waals surface area contributed by atoms with Crippen LogP contribution in [-0.4, -0.2) is 45.9 Å². The van der Waals surface area contributed by atoms with Crippen molar-refractivity contribution in [1.82, 2.24) is 15.2 Å². The average Bonchev–Trinajstić information content (AvgIpc) is 1.75. The van der Waals surface area contributed by atoms with Gasteiger partial charge in [-0.3, -0.25) is 5.43 Å². The summed E-state index contributed by atoms with van der Waals surface area (Å²) in [6.45, 7) is 1.48. The van der Waals surface area contributed by atoms with Crippen molar-refractivity contribution < 1.29 is 8.42 Å². The molecule has 0 bridgehead atoms. The summed E-state index contributed by atoms with van der Waals surface area (Å²) < 4.78 is 23.9. The molecule has 1 aliphatic rings. The zero-order valence-electron chi connectivity index (χ0n) is 6.66. The molecule has 2 N–H and O–H groups in total. The predicted octanol–water partition coefficient (Wildman–Crippen LogP) is -1.65. The summed E-state index contributed by atoms with van der Waals surface area (Å²) in [4.78, 5) is 0. The largest absolute Gasteiger partial charge is 0.258 e. The molecule has 5 nitrogen and oxygen atoms in total. The minimum absolute atomic E-state index is 0.0810. The molecule has 0 aromatic carbocycles. The predicted molar refractivity (Wildman–Crippen MR) is 42.4 cm³/mol. The highest BCUT2D eigenvalue weighted by molar-refractivity contribution is 7.88. The molecule has 6 heteroatoms. The van der Waals surface area contributed by atoms with E-state index in [4.69, 9.17) is 0 Å². The molecular formula is C5H13N3O2S. The molecule has 11 heavy (non-hydrogen) atoms. The van der Waals surface area contributed by atoms with Gasteiger partial charge in [0.15, 0.2) is 0 Å². The van der Waals surface area contributed by atoms with E-state index < -0.39 is 10.0 Å². The second-order valence-electron chi connectivity index (χ2n) is 2.72. The van der Waals surface area contributed by atoms with Gasteiger partial charge >= 0.3 is 0 Å². The van der Waals surface area contributed by atoms with E-state index in [1.54, 1.807) is 0 Å². The zero-order chi connectivity index (χ0) is 8.48. The maximum atomic E-state index is 10.7. The van der Waals surface area contributed by atoms with Gasteiger partial charge in [0, 0.05) is 19.1 Å². The van der Waals surface area contributed by atoms with E-state index in [0.717, 1.165) is 13.1 Å². The van der Waals surface area contributed by atoms with Crippen molar-refractivity contribution in [3.63, 3.8) is 0 Å². The SMILES string of the molecule is CNN1CC(NS(C)(=O)=O)C1. The summed E-state index contributed by atoms with van der Waals surface area (Å²) in [5, 5.41) is 1.93. The van der Waals surface area contributed by atoms with Crippen molar-refractivity contribution in [3.8, 4) is 0 Å². The monoisotopic (exact) mass is 179 g/mol. The van der Waals surface area contributed by atoms with Crippen LogP contribution in [0.4, 0.5) is 0 Å². The fourth-order valence-electron chi connectivity index (χ4n) is 1.04. The molecule has 66 valence electrons. The van der Waals surface area contributed by atoms with Gasteiger partial charge < -0.3 is 0 Å². The molecule has 0 aromatic rings. The number of nitrogens with one attached hydrogen (secondary N) is 2. The van der Waals surface area contributed by atoms with Crippen LogP contribution >= 0.6 is 0 Å². The van der Waals surface area contributed by atoms with Crippen molar-refractivity contribution in [1.29, 1.82) is 0 Å². The first-order valence-electron chi connectivity index (χ1n) is 3.41. The van der Waals surface area contributed by atoms with Crippen molar-refractivity contribution >= 4 is 10.0 Å². The Hall–Kier alpha value is -0.170. The van der Waals surface area contributed by atoms with Crippen LogP contribution in [0.25, 0.3) is 0 Å². The Labute approximate surface area is 66.8 Å². The highest BCUT2D eigenvalue weighted by Crippen LogP contribution is 2.03. The molecule has 1 saturated heterocycles. The molecule has 0 atom stereocenters. The molecule has 0 aromatic heterocycles. The summed E-state index contributed by atoms with van der Waals surface area (Å²) >= 11 is 0. The lowest BCUT2D eigenvalue weighted by Gasteiger charge is -2.38. The van der Waals surface area contributed by atoms with Gasteiger partial charge in [-0.05, 0) is 7.05 Å². The first kappa shape index (κ1) is 8.92. The lowest BCUT2D eigenvalue weighted by molar-refractivity contribution is 0.0907. The van der Waals surface area contributed by atoms with Gasteiger partial charge in [0.05, 0.1) is 6.26 Å². The Morgan fingerprint density at radius 3 is 2.36 bits per heavy atom. The van der Waals surface area contributed by atoms with E-state index in [-0.39, 0.29) is 6.04 Å². The van der Waals surface area contributed by atoms with Gasteiger partial charge in [0.2, 0.25) is 10.0 Å². The lowest BCUT2D eigenvalue weighted by atomic mass is 10.2. The Morgan fingerprint density at radius 1 is 1.45 bits per heavy atom. The quantitative estimate of drug-likeness (QED) is 0.545. The number of nitrogens with zero attached hydrogens (tertiary/aromatic N) is 1. The Kier molecular flexibility index (Phi) is 2.48. The highest BCUT2D eigenvalue weighted by atomic mass is 32.2. The van der Waals surface area contributed by atoms with Gasteiger partial charge in [0.25, 0.3) is 0 Å². The number of sulfonamides is 1. The molecule has 1 aliphatic heterocycles. The number of hydrazine groups is 1. The van der Waals surface area contributed by atoms with Crippen LogP contribution in [0.1, 0.15) is 0 Å². The van der Waals surface area contributed by atoms with Crippen LogP contribution < -0.4 is 10.1 Å². The maximum absolute atomic E-state index is 10.7. The minimum atomic E-state index is -3.02. The van der Waals surface area contributed by atoms with Crippen molar-refractivity contribution in [2.75, 3.05) is 26.4 Å². The Morgan fingerprint density at radius 2 is 2.00 bits per heavy atom. The van der Waals surface area contributed by atoms with Crippen molar-refractivity contribution in [2.45, 2.75) is 6.04 Å². The maximum Gasteiger partial charge on any atom is 0.209 e. The van der Waals surface area contributed by atoms with E-state index >= 15 is 0 Å². The summed E-state index contributed by atoms with van der Waals surface area (Å²) in [5.74, 6) is 0. The summed E-state index contributed by atoms with van der Waals surface area (Å²) in [6.07, 6.45) is 1.18. The first-order valence-corrected chi connectivity index (χ1v) is 5.30. The molecule has 0 aliphatic carbocycles. The van der Waals surface area contributed by atoms with Gasteiger partial charge in [0.1, 0.15) is 0 Å². The molecule has 0 saturated carbocycles. The third kappa shape index (κ3) is 2.74. The van der Waals surface area contributed by atoms with Crippen molar-refractivity contribution in [3.05, 3.63) is 0 Å². The summed E-state index contributed by atoms with van der Waals surface area (Å²) in [7, 11) is -1.20. The molecule has 0 spiro atoms. The lowest BCUT2D eigenvalue weighted by Crippen LogP contribution is -2.62. The molecule has 0 radical (unpaired) electrons. The Balaban J connectivity index is 2.24. The molecule has 1 rings (SSSR count). The van der Waals surface area contributed by atoms with Crippen LogP contribution in [0, 0.1) is 0 Å². The smallest absolute Gasteiger partial charge is 0.209 e. The zero-order valence-corrected chi connectivity index (χ0v) is 7.48. The summed E-state index contributed by atoms with van der Waals surface area (Å²) in [5.41, 5.74) is 2.92. The third-order valence-corrected chi connectivity index (χ3v) is 2.34. The van der Waals surface area contributed by atoms with E-state index in [0.29, 0.717) is 0 Å². The molecular weight excluding hydrogens is 166 g/mol. The molecule has 1 heterocycles. The second kappa shape index (κ2) is 3.06. The number of rotatable bonds is 3. The number of hydrogen-bond acceptors (Lipinski definition) is 4. The molecule has 1 fully saturated rings. The van der Waals surface area contributed by atoms with Crippen LogP contribution in [-0.2, 0) is 10.0 Å². The normalized spacial score (nSPS) is 21.6. The van der Waals surface area contributed by atoms with Gasteiger partial charge in [-0.1, -0.05) is 0 Å². The van der Waals surface area contributed by atoms with Crippen molar-refractivity contribution in [2.24, 2.45) is 0 Å². The summed E-state index contributed by atoms with van der Waals surface area (Å²) in [6, 6.07) is 0.0810. The van der Waals surface area contributed by atoms with E-state index in [9.17, 15) is 8.42 Å². The van der Waals surface area contributed by atoms with Crippen LogP contribution in [0.3, 0.4) is 0 Å². The van der Waals surface area contributed by atoms with Crippen LogP contribution in [0.15, 0.2) is 0 Å². The van der Waals surface area contributed by atoms with Gasteiger partial charge in [-0.2, -0.15) is 0 Å². The molecule has 0 unspecified atom stereocenters.